The molecule has 0 aliphatic carbocycles. The second-order valence-electron chi connectivity index (χ2n) is 5.03. The van der Waals surface area contributed by atoms with Crippen molar-refractivity contribution in [2.45, 2.75) is 18.9 Å². The van der Waals surface area contributed by atoms with E-state index >= 15 is 0 Å². The van der Waals surface area contributed by atoms with Crippen molar-refractivity contribution in [2.24, 2.45) is 5.92 Å². The number of rotatable bonds is 1. The van der Waals surface area contributed by atoms with Gasteiger partial charge >= 0.3 is 0 Å². The van der Waals surface area contributed by atoms with E-state index in [0.717, 1.165) is 29.5 Å². The number of nitriles is 1. The predicted molar refractivity (Wildman–Crippen MR) is 75.7 cm³/mol. The standard InChI is InChI=1S/C14H14BrN3O/c15-10-4-3-9(7-16)12(6-10)18-5-1-2-11-13(18)8-17-14(11)19/h3-4,6,11,13H,1-2,5,8H2,(H,17,19). The normalized spacial score (nSPS) is 25.7. The summed E-state index contributed by atoms with van der Waals surface area (Å²) in [5.41, 5.74) is 1.60. The Morgan fingerprint density at radius 1 is 1.47 bits per heavy atom. The van der Waals surface area contributed by atoms with Crippen LogP contribution in [-0.4, -0.2) is 25.0 Å². The van der Waals surface area contributed by atoms with Crippen LogP contribution in [-0.2, 0) is 4.79 Å². The Morgan fingerprint density at radius 3 is 3.11 bits per heavy atom. The first-order valence-corrected chi connectivity index (χ1v) is 7.24. The van der Waals surface area contributed by atoms with Gasteiger partial charge in [0.05, 0.1) is 23.2 Å². The van der Waals surface area contributed by atoms with Crippen molar-refractivity contribution in [3.05, 3.63) is 28.2 Å². The van der Waals surface area contributed by atoms with Crippen molar-refractivity contribution in [3.63, 3.8) is 0 Å². The van der Waals surface area contributed by atoms with Crippen LogP contribution in [0.3, 0.4) is 0 Å². The zero-order valence-corrected chi connectivity index (χ0v) is 12.0. The number of benzene rings is 1. The molecule has 4 nitrogen and oxygen atoms in total. The number of nitrogens with one attached hydrogen (secondary N) is 1. The summed E-state index contributed by atoms with van der Waals surface area (Å²) in [6.07, 6.45) is 1.94. The number of piperidine rings is 1. The van der Waals surface area contributed by atoms with E-state index in [9.17, 15) is 10.1 Å². The SMILES string of the molecule is N#Cc1ccc(Br)cc1N1CCCC2C(=O)NCC21. The molecule has 0 saturated carbocycles. The minimum absolute atomic E-state index is 0.0688. The van der Waals surface area contributed by atoms with Crippen molar-refractivity contribution < 1.29 is 4.79 Å². The first-order valence-electron chi connectivity index (χ1n) is 6.44. The number of carbonyl (C=O) groups is 1. The summed E-state index contributed by atoms with van der Waals surface area (Å²) in [5.74, 6) is 0.225. The highest BCUT2D eigenvalue weighted by Crippen LogP contribution is 2.34. The number of nitrogens with zero attached hydrogens (tertiary/aromatic N) is 2. The smallest absolute Gasteiger partial charge is 0.225 e. The van der Waals surface area contributed by atoms with Gasteiger partial charge in [0.2, 0.25) is 5.91 Å². The third kappa shape index (κ3) is 2.10. The third-order valence-corrected chi connectivity index (χ3v) is 4.48. The molecular weight excluding hydrogens is 306 g/mol. The van der Waals surface area contributed by atoms with Crippen LogP contribution in [0.5, 0.6) is 0 Å². The average Bonchev–Trinajstić information content (AvgIpc) is 2.81. The van der Waals surface area contributed by atoms with Crippen LogP contribution in [0.25, 0.3) is 0 Å². The fraction of sp³-hybridized carbons (Fsp3) is 0.429. The first-order chi connectivity index (χ1) is 9.20. The lowest BCUT2D eigenvalue weighted by atomic mass is 9.90. The summed E-state index contributed by atoms with van der Waals surface area (Å²) < 4.78 is 0.959. The number of anilines is 1. The molecule has 2 atom stereocenters. The average molecular weight is 320 g/mol. The quantitative estimate of drug-likeness (QED) is 0.861. The number of fused-ring (bicyclic) bond motifs is 1. The summed E-state index contributed by atoms with van der Waals surface area (Å²) >= 11 is 3.46. The summed E-state index contributed by atoms with van der Waals surface area (Å²) in [6.45, 7) is 1.59. The fourth-order valence-electron chi connectivity index (χ4n) is 3.09. The van der Waals surface area contributed by atoms with Crippen molar-refractivity contribution in [2.75, 3.05) is 18.0 Å². The molecule has 2 aliphatic rings. The lowest BCUT2D eigenvalue weighted by molar-refractivity contribution is -0.122. The van der Waals surface area contributed by atoms with E-state index in [4.69, 9.17) is 0 Å². The van der Waals surface area contributed by atoms with Crippen LogP contribution in [0.2, 0.25) is 0 Å². The molecule has 1 aromatic rings. The summed E-state index contributed by atoms with van der Waals surface area (Å²) in [7, 11) is 0. The second-order valence-corrected chi connectivity index (χ2v) is 5.94. The van der Waals surface area contributed by atoms with Crippen molar-refractivity contribution in [1.29, 1.82) is 5.26 Å². The Labute approximate surface area is 120 Å². The number of amides is 1. The van der Waals surface area contributed by atoms with E-state index in [1.165, 1.54) is 0 Å². The van der Waals surface area contributed by atoms with Gasteiger partial charge in [0.15, 0.2) is 0 Å². The van der Waals surface area contributed by atoms with Gasteiger partial charge in [-0.05, 0) is 31.0 Å². The lowest BCUT2D eigenvalue weighted by Crippen LogP contribution is -2.46. The molecule has 2 unspecified atom stereocenters. The molecule has 5 heteroatoms. The van der Waals surface area contributed by atoms with Gasteiger partial charge in [-0.1, -0.05) is 15.9 Å². The zero-order chi connectivity index (χ0) is 13.4. The Morgan fingerprint density at radius 2 is 2.32 bits per heavy atom. The number of carbonyl (C=O) groups excluding carboxylic acids is 1. The van der Waals surface area contributed by atoms with Gasteiger partial charge in [-0.2, -0.15) is 5.26 Å². The molecule has 2 heterocycles. The predicted octanol–water partition coefficient (Wildman–Crippen LogP) is 2.04. The molecule has 1 N–H and O–H groups in total. The fourth-order valence-corrected chi connectivity index (χ4v) is 3.44. The number of hydrogen-bond acceptors (Lipinski definition) is 3. The molecule has 19 heavy (non-hydrogen) atoms. The molecule has 3 rings (SSSR count). The van der Waals surface area contributed by atoms with Crippen molar-refractivity contribution >= 4 is 27.5 Å². The Kier molecular flexibility index (Phi) is 3.19. The molecule has 0 radical (unpaired) electrons. The van der Waals surface area contributed by atoms with Crippen molar-refractivity contribution in [3.8, 4) is 6.07 Å². The van der Waals surface area contributed by atoms with Crippen LogP contribution in [0.1, 0.15) is 18.4 Å². The van der Waals surface area contributed by atoms with Gasteiger partial charge < -0.3 is 10.2 Å². The topological polar surface area (TPSA) is 56.1 Å². The maximum Gasteiger partial charge on any atom is 0.225 e. The van der Waals surface area contributed by atoms with Gasteiger partial charge in [0.25, 0.3) is 0 Å². The van der Waals surface area contributed by atoms with E-state index in [1.54, 1.807) is 0 Å². The molecule has 2 saturated heterocycles. The highest BCUT2D eigenvalue weighted by molar-refractivity contribution is 9.10. The number of halogens is 1. The molecule has 0 spiro atoms. The number of hydrogen-bond donors (Lipinski definition) is 1. The Balaban J connectivity index is 2.00. The molecule has 2 fully saturated rings. The first kappa shape index (κ1) is 12.5. The molecule has 2 aliphatic heterocycles. The van der Waals surface area contributed by atoms with E-state index in [2.05, 4.69) is 32.2 Å². The Bertz CT molecular complexity index is 566. The van der Waals surface area contributed by atoms with Crippen LogP contribution >= 0.6 is 15.9 Å². The summed E-state index contributed by atoms with van der Waals surface area (Å²) in [6, 6.07) is 8.11. The molecule has 0 bridgehead atoms. The zero-order valence-electron chi connectivity index (χ0n) is 10.4. The van der Waals surface area contributed by atoms with Crippen LogP contribution in [0.4, 0.5) is 5.69 Å². The maximum atomic E-state index is 11.8. The van der Waals surface area contributed by atoms with Crippen LogP contribution in [0, 0.1) is 17.2 Å². The molecule has 1 aromatic carbocycles. The lowest BCUT2D eigenvalue weighted by Gasteiger charge is -2.38. The van der Waals surface area contributed by atoms with Crippen molar-refractivity contribution in [1.82, 2.24) is 5.32 Å². The highest BCUT2D eigenvalue weighted by Gasteiger charge is 2.41. The monoisotopic (exact) mass is 319 g/mol. The van der Waals surface area contributed by atoms with E-state index in [1.807, 2.05) is 18.2 Å². The van der Waals surface area contributed by atoms with Gasteiger partial charge in [0.1, 0.15) is 6.07 Å². The van der Waals surface area contributed by atoms with E-state index in [0.29, 0.717) is 12.1 Å². The molecule has 0 aromatic heterocycles. The second kappa shape index (κ2) is 4.86. The third-order valence-electron chi connectivity index (χ3n) is 3.99. The molecule has 1 amide bonds. The minimum Gasteiger partial charge on any atom is -0.365 e. The van der Waals surface area contributed by atoms with Crippen LogP contribution in [0.15, 0.2) is 22.7 Å². The highest BCUT2D eigenvalue weighted by atomic mass is 79.9. The molecule has 98 valence electrons. The molecular formula is C14H14BrN3O. The van der Waals surface area contributed by atoms with Gasteiger partial charge in [-0.3, -0.25) is 4.79 Å². The van der Waals surface area contributed by atoms with Crippen LogP contribution < -0.4 is 10.2 Å². The van der Waals surface area contributed by atoms with Gasteiger partial charge in [0, 0.05) is 17.6 Å². The largest absolute Gasteiger partial charge is 0.365 e. The van der Waals surface area contributed by atoms with E-state index < -0.39 is 0 Å². The van der Waals surface area contributed by atoms with E-state index in [-0.39, 0.29) is 17.9 Å². The summed E-state index contributed by atoms with van der Waals surface area (Å²) in [4.78, 5) is 14.0. The van der Waals surface area contributed by atoms with Gasteiger partial charge in [-0.15, -0.1) is 0 Å². The maximum absolute atomic E-state index is 11.8. The Hall–Kier alpha value is -1.54. The summed E-state index contributed by atoms with van der Waals surface area (Å²) in [5, 5.41) is 12.2. The van der Waals surface area contributed by atoms with Gasteiger partial charge in [-0.25, -0.2) is 0 Å². The minimum atomic E-state index is 0.0688.